The number of methoxy groups -OCH3 is 1. The van der Waals surface area contributed by atoms with Gasteiger partial charge in [0, 0.05) is 52.9 Å². The first-order valence-electron chi connectivity index (χ1n) is 14.6. The Bertz CT molecular complexity index is 2100. The average molecular weight is 625 g/mol. The number of hydrogen-bond acceptors (Lipinski definition) is 5. The highest BCUT2D eigenvalue weighted by Crippen LogP contribution is 2.36. The molecular weight excluding hydrogens is 592 g/mol. The molecule has 0 fully saturated rings. The molecule has 0 spiro atoms. The average Bonchev–Trinajstić information content (AvgIpc) is 3.54. The van der Waals surface area contributed by atoms with E-state index in [0.717, 1.165) is 27.6 Å². The van der Waals surface area contributed by atoms with Gasteiger partial charge in [-0.1, -0.05) is 77.5 Å². The van der Waals surface area contributed by atoms with E-state index in [9.17, 15) is 9.59 Å². The second-order valence-corrected chi connectivity index (χ2v) is 12.0. The van der Waals surface area contributed by atoms with Crippen molar-refractivity contribution in [2.24, 2.45) is 4.99 Å². The van der Waals surface area contributed by atoms with Gasteiger partial charge in [-0.25, -0.2) is 4.99 Å². The number of fused-ring (bicyclic) bond motifs is 2. The monoisotopic (exact) mass is 624 g/mol. The number of allylic oxidation sites excluding steroid dienone is 1. The number of ether oxygens (including phenoxy) is 1. The summed E-state index contributed by atoms with van der Waals surface area (Å²) in [5.74, 6) is 0.471. The first-order valence-corrected chi connectivity index (χ1v) is 15.8. The molecule has 1 aliphatic heterocycles. The molecule has 0 unspecified atom stereocenters. The number of thiazole rings is 1. The fourth-order valence-electron chi connectivity index (χ4n) is 5.94. The van der Waals surface area contributed by atoms with E-state index in [1.165, 1.54) is 11.3 Å². The van der Waals surface area contributed by atoms with Crippen LogP contribution in [0, 0.1) is 0 Å². The van der Waals surface area contributed by atoms with Gasteiger partial charge in [-0.3, -0.25) is 14.2 Å². The molecule has 1 aliphatic rings. The molecule has 5 aromatic rings. The van der Waals surface area contributed by atoms with Crippen molar-refractivity contribution in [2.75, 3.05) is 20.2 Å². The van der Waals surface area contributed by atoms with E-state index in [1.807, 2.05) is 87.5 Å². The minimum absolute atomic E-state index is 0.135. The Balaban J connectivity index is 1.54. The van der Waals surface area contributed by atoms with Crippen LogP contribution in [0.15, 0.2) is 100 Å². The molecule has 44 heavy (non-hydrogen) atoms. The molecule has 0 aliphatic carbocycles. The molecule has 0 bridgehead atoms. The quantitative estimate of drug-likeness (QED) is 0.220. The standard InChI is InChI=1S/C35H33ClN4O3S/c1-5-38(6-2)34(42)31-22(3)37-35-40(32(31)26-15-9-12-18-29(26)43-4)33(41)30(44-35)19-24-21-39(28-17-11-8-14-25(24)28)20-23-13-7-10-16-27(23)36/h7-19,21,32H,5-6,20H2,1-4H3/b30-19+/t32-/m0/s1. The number of aromatic nitrogens is 2. The summed E-state index contributed by atoms with van der Waals surface area (Å²) in [5, 5.41) is 1.74. The van der Waals surface area contributed by atoms with Gasteiger partial charge < -0.3 is 14.2 Å². The molecule has 7 nitrogen and oxygen atoms in total. The molecule has 0 N–H and O–H groups in total. The predicted molar refractivity (Wildman–Crippen MR) is 177 cm³/mol. The third-order valence-corrected chi connectivity index (χ3v) is 9.49. The lowest BCUT2D eigenvalue weighted by Crippen LogP contribution is -2.43. The van der Waals surface area contributed by atoms with Gasteiger partial charge in [0.1, 0.15) is 11.8 Å². The van der Waals surface area contributed by atoms with Crippen LogP contribution in [-0.4, -0.2) is 40.1 Å². The molecule has 1 amide bonds. The van der Waals surface area contributed by atoms with E-state index in [-0.39, 0.29) is 11.5 Å². The normalized spacial score (nSPS) is 14.9. The smallest absolute Gasteiger partial charge is 0.271 e. The maximum Gasteiger partial charge on any atom is 0.271 e. The number of likely N-dealkylation sites (N-methyl/N-ethyl adjacent to an activating group) is 1. The van der Waals surface area contributed by atoms with Gasteiger partial charge in [-0.05, 0) is 50.6 Å². The number of carbonyl (C=O) groups excluding carboxylic acids is 1. The summed E-state index contributed by atoms with van der Waals surface area (Å²) in [4.78, 5) is 35.4. The second kappa shape index (κ2) is 12.3. The molecule has 3 aromatic carbocycles. The zero-order valence-corrected chi connectivity index (χ0v) is 26.7. The summed E-state index contributed by atoms with van der Waals surface area (Å²) in [6.45, 7) is 7.44. The van der Waals surface area contributed by atoms with Crippen LogP contribution in [0.4, 0.5) is 0 Å². The highest BCUT2D eigenvalue weighted by Gasteiger charge is 2.35. The summed E-state index contributed by atoms with van der Waals surface area (Å²) >= 11 is 7.82. The number of halogens is 1. The number of nitrogens with zero attached hydrogens (tertiary/aromatic N) is 4. The van der Waals surface area contributed by atoms with Crippen LogP contribution in [0.2, 0.25) is 5.02 Å². The van der Waals surface area contributed by atoms with Crippen molar-refractivity contribution in [1.29, 1.82) is 0 Å². The Morgan fingerprint density at radius 1 is 1.05 bits per heavy atom. The van der Waals surface area contributed by atoms with Crippen molar-refractivity contribution in [2.45, 2.75) is 33.4 Å². The number of amides is 1. The van der Waals surface area contributed by atoms with Gasteiger partial charge in [0.2, 0.25) is 0 Å². The zero-order chi connectivity index (χ0) is 31.0. The van der Waals surface area contributed by atoms with Crippen molar-refractivity contribution < 1.29 is 9.53 Å². The third-order valence-electron chi connectivity index (χ3n) is 8.14. The summed E-state index contributed by atoms with van der Waals surface area (Å²) in [6, 6.07) is 22.8. The minimum Gasteiger partial charge on any atom is -0.496 e. The molecule has 2 aromatic heterocycles. The molecule has 224 valence electrons. The summed E-state index contributed by atoms with van der Waals surface area (Å²) < 4.78 is 10.1. The number of benzene rings is 3. The van der Waals surface area contributed by atoms with Crippen LogP contribution >= 0.6 is 22.9 Å². The Hall–Kier alpha value is -4.40. The van der Waals surface area contributed by atoms with Crippen molar-refractivity contribution in [1.82, 2.24) is 14.0 Å². The zero-order valence-electron chi connectivity index (χ0n) is 25.1. The number of rotatable bonds is 8. The van der Waals surface area contributed by atoms with Crippen molar-refractivity contribution in [3.63, 3.8) is 0 Å². The van der Waals surface area contributed by atoms with E-state index < -0.39 is 6.04 Å². The lowest BCUT2D eigenvalue weighted by molar-refractivity contribution is -0.127. The van der Waals surface area contributed by atoms with E-state index in [1.54, 1.807) is 16.6 Å². The molecule has 0 radical (unpaired) electrons. The first-order chi connectivity index (χ1) is 21.4. The Labute approximate surface area is 264 Å². The lowest BCUT2D eigenvalue weighted by Gasteiger charge is -2.29. The number of carbonyl (C=O) groups is 1. The van der Waals surface area contributed by atoms with Crippen LogP contribution in [0.1, 0.15) is 43.5 Å². The number of para-hydroxylation sites is 2. The Kier molecular flexibility index (Phi) is 8.29. The van der Waals surface area contributed by atoms with E-state index in [4.69, 9.17) is 21.3 Å². The Morgan fingerprint density at radius 3 is 2.50 bits per heavy atom. The van der Waals surface area contributed by atoms with Crippen LogP contribution < -0.4 is 19.6 Å². The maximum absolute atomic E-state index is 14.3. The van der Waals surface area contributed by atoms with Crippen LogP contribution in [0.3, 0.4) is 0 Å². The van der Waals surface area contributed by atoms with E-state index in [2.05, 4.69) is 22.9 Å². The molecule has 1 atom stereocenters. The van der Waals surface area contributed by atoms with Crippen molar-refractivity contribution in [3.8, 4) is 5.75 Å². The van der Waals surface area contributed by atoms with Gasteiger partial charge >= 0.3 is 0 Å². The molecule has 3 heterocycles. The van der Waals surface area contributed by atoms with Gasteiger partial charge in [0.15, 0.2) is 4.80 Å². The second-order valence-electron chi connectivity index (χ2n) is 10.6. The maximum atomic E-state index is 14.3. The Morgan fingerprint density at radius 2 is 1.75 bits per heavy atom. The van der Waals surface area contributed by atoms with E-state index >= 15 is 0 Å². The lowest BCUT2D eigenvalue weighted by atomic mass is 9.94. The summed E-state index contributed by atoms with van der Waals surface area (Å²) in [6.07, 6.45) is 3.99. The van der Waals surface area contributed by atoms with Crippen molar-refractivity contribution in [3.05, 3.63) is 132 Å². The number of hydrogen-bond donors (Lipinski definition) is 0. The minimum atomic E-state index is -0.681. The predicted octanol–water partition coefficient (Wildman–Crippen LogP) is 5.77. The van der Waals surface area contributed by atoms with Crippen LogP contribution in [0.5, 0.6) is 5.75 Å². The molecule has 6 rings (SSSR count). The molecule has 0 saturated heterocycles. The van der Waals surface area contributed by atoms with Gasteiger partial charge in [0.25, 0.3) is 11.5 Å². The fraction of sp³-hybridized carbons (Fsp3) is 0.229. The fourth-order valence-corrected chi connectivity index (χ4v) is 7.17. The van der Waals surface area contributed by atoms with Gasteiger partial charge in [-0.15, -0.1) is 0 Å². The largest absolute Gasteiger partial charge is 0.496 e. The summed E-state index contributed by atoms with van der Waals surface area (Å²) in [7, 11) is 1.60. The van der Waals surface area contributed by atoms with Crippen LogP contribution in [0.25, 0.3) is 17.0 Å². The van der Waals surface area contributed by atoms with Gasteiger partial charge in [0.05, 0.1) is 22.9 Å². The highest BCUT2D eigenvalue weighted by atomic mass is 35.5. The topological polar surface area (TPSA) is 68.8 Å². The molecular formula is C35H33ClN4O3S. The van der Waals surface area contributed by atoms with Crippen molar-refractivity contribution >= 4 is 45.8 Å². The molecule has 9 heteroatoms. The first kappa shape index (κ1) is 29.7. The highest BCUT2D eigenvalue weighted by molar-refractivity contribution is 7.07. The van der Waals surface area contributed by atoms with Crippen LogP contribution in [-0.2, 0) is 11.3 Å². The third kappa shape index (κ3) is 5.18. The molecule has 0 saturated carbocycles. The van der Waals surface area contributed by atoms with E-state index in [0.29, 0.717) is 51.0 Å². The van der Waals surface area contributed by atoms with Gasteiger partial charge in [-0.2, -0.15) is 0 Å². The SMILES string of the molecule is CCN(CC)C(=O)C1=C(C)N=c2s/c(=C/c3cn(Cc4ccccc4Cl)c4ccccc34)c(=O)n2[C@H]1c1ccccc1OC. The summed E-state index contributed by atoms with van der Waals surface area (Å²) in [5.41, 5.74) is 4.59.